The van der Waals surface area contributed by atoms with Gasteiger partial charge >= 0.3 is 0 Å². The maximum atomic E-state index is 11.8. The molecule has 0 heterocycles. The van der Waals surface area contributed by atoms with Crippen molar-refractivity contribution in [1.29, 1.82) is 0 Å². The van der Waals surface area contributed by atoms with Crippen LogP contribution in [0.15, 0.2) is 35.2 Å². The number of hydrogen-bond acceptors (Lipinski definition) is 4. The summed E-state index contributed by atoms with van der Waals surface area (Å²) >= 11 is 0. The fourth-order valence-corrected chi connectivity index (χ4v) is 2.68. The molecule has 1 aromatic rings. The summed E-state index contributed by atoms with van der Waals surface area (Å²) in [4.78, 5) is 0.195. The zero-order chi connectivity index (χ0) is 14.7. The highest BCUT2D eigenvalue weighted by molar-refractivity contribution is 7.86. The third kappa shape index (κ3) is 7.03. The number of ether oxygens (including phenoxy) is 1. The Morgan fingerprint density at radius 1 is 0.900 bits per heavy atom. The first kappa shape index (κ1) is 17.1. The first-order valence-electron chi connectivity index (χ1n) is 7.19. The van der Waals surface area contributed by atoms with Crippen LogP contribution in [0.25, 0.3) is 0 Å². The van der Waals surface area contributed by atoms with Crippen molar-refractivity contribution in [3.05, 3.63) is 30.3 Å². The topological polar surface area (TPSA) is 52.6 Å². The maximum absolute atomic E-state index is 11.8. The van der Waals surface area contributed by atoms with E-state index in [4.69, 9.17) is 8.92 Å². The van der Waals surface area contributed by atoms with Crippen LogP contribution in [-0.4, -0.2) is 28.2 Å². The van der Waals surface area contributed by atoms with E-state index in [1.807, 2.05) is 0 Å². The Bertz CT molecular complexity index is 442. The maximum Gasteiger partial charge on any atom is 0.296 e. The molecule has 0 atom stereocenters. The molecule has 0 aliphatic rings. The van der Waals surface area contributed by atoms with E-state index in [9.17, 15) is 8.42 Å². The summed E-state index contributed by atoms with van der Waals surface area (Å²) in [5.74, 6) is 0. The van der Waals surface area contributed by atoms with E-state index < -0.39 is 10.1 Å². The van der Waals surface area contributed by atoms with Gasteiger partial charge in [-0.15, -0.1) is 0 Å². The van der Waals surface area contributed by atoms with E-state index in [-0.39, 0.29) is 11.5 Å². The van der Waals surface area contributed by atoms with E-state index in [1.54, 1.807) is 18.2 Å². The summed E-state index contributed by atoms with van der Waals surface area (Å²) in [6.45, 7) is 3.61. The molecular weight excluding hydrogens is 276 g/mol. The minimum atomic E-state index is -3.62. The Balaban J connectivity index is 2.09. The Morgan fingerprint density at radius 3 is 2.30 bits per heavy atom. The lowest BCUT2D eigenvalue weighted by Gasteiger charge is -2.06. The number of unbranched alkanes of at least 4 members (excludes halogenated alkanes) is 3. The molecule has 0 radical (unpaired) electrons. The zero-order valence-electron chi connectivity index (χ0n) is 12.1. The van der Waals surface area contributed by atoms with Crippen LogP contribution in [0.1, 0.15) is 39.0 Å². The molecule has 0 unspecified atom stereocenters. The molecule has 0 saturated heterocycles. The van der Waals surface area contributed by atoms with Gasteiger partial charge in [0.2, 0.25) is 0 Å². The summed E-state index contributed by atoms with van der Waals surface area (Å²) in [7, 11) is -3.62. The van der Waals surface area contributed by atoms with Crippen LogP contribution in [0, 0.1) is 0 Å². The van der Waals surface area contributed by atoms with Gasteiger partial charge in [0.15, 0.2) is 0 Å². The van der Waals surface area contributed by atoms with Crippen molar-refractivity contribution >= 4 is 10.1 Å². The molecule has 20 heavy (non-hydrogen) atoms. The predicted molar refractivity (Wildman–Crippen MR) is 79.2 cm³/mol. The second kappa shape index (κ2) is 9.91. The van der Waals surface area contributed by atoms with Crippen LogP contribution in [-0.2, 0) is 19.0 Å². The van der Waals surface area contributed by atoms with Crippen molar-refractivity contribution in [2.24, 2.45) is 0 Å². The standard InChI is InChI=1S/C15H24O4S/c1-2-3-4-8-12-18-13-9-14-19-20(16,17)15-10-6-5-7-11-15/h5-7,10-11H,2-4,8-9,12-14H2,1H3. The SMILES string of the molecule is CCCCCCOCCCOS(=O)(=O)c1ccccc1. The summed E-state index contributed by atoms with van der Waals surface area (Å²) in [5, 5.41) is 0. The normalized spacial score (nSPS) is 11.7. The highest BCUT2D eigenvalue weighted by Gasteiger charge is 2.13. The second-order valence-corrected chi connectivity index (χ2v) is 6.23. The van der Waals surface area contributed by atoms with Crippen molar-refractivity contribution < 1.29 is 17.3 Å². The molecule has 0 N–H and O–H groups in total. The lowest BCUT2D eigenvalue weighted by atomic mass is 10.2. The van der Waals surface area contributed by atoms with Crippen LogP contribution >= 0.6 is 0 Å². The third-order valence-electron chi connectivity index (χ3n) is 2.85. The third-order valence-corrected chi connectivity index (χ3v) is 4.17. The molecule has 0 aliphatic heterocycles. The lowest BCUT2D eigenvalue weighted by molar-refractivity contribution is 0.116. The van der Waals surface area contributed by atoms with Gasteiger partial charge in [0.25, 0.3) is 10.1 Å². The fraction of sp³-hybridized carbons (Fsp3) is 0.600. The molecule has 0 aliphatic carbocycles. The minimum absolute atomic E-state index is 0.159. The van der Waals surface area contributed by atoms with Crippen molar-refractivity contribution in [3.63, 3.8) is 0 Å². The number of rotatable bonds is 11. The Morgan fingerprint density at radius 2 is 1.60 bits per heavy atom. The Hall–Kier alpha value is -0.910. The predicted octanol–water partition coefficient (Wildman–Crippen LogP) is 3.38. The first-order valence-corrected chi connectivity index (χ1v) is 8.60. The summed E-state index contributed by atoms with van der Waals surface area (Å²) < 4.78 is 33.9. The van der Waals surface area contributed by atoms with Crippen molar-refractivity contribution in [2.45, 2.75) is 43.9 Å². The molecule has 0 fully saturated rings. The van der Waals surface area contributed by atoms with Gasteiger partial charge in [-0.05, 0) is 25.0 Å². The summed E-state index contributed by atoms with van der Waals surface area (Å²) in [5.41, 5.74) is 0. The number of hydrogen-bond donors (Lipinski definition) is 0. The van der Waals surface area contributed by atoms with Gasteiger partial charge in [-0.25, -0.2) is 0 Å². The molecular formula is C15H24O4S. The smallest absolute Gasteiger partial charge is 0.296 e. The molecule has 0 amide bonds. The van der Waals surface area contributed by atoms with Crippen LogP contribution in [0.5, 0.6) is 0 Å². The second-order valence-electron chi connectivity index (χ2n) is 4.62. The van der Waals surface area contributed by atoms with Crippen LogP contribution in [0.2, 0.25) is 0 Å². The fourth-order valence-electron chi connectivity index (χ4n) is 1.72. The first-order chi connectivity index (χ1) is 9.67. The van der Waals surface area contributed by atoms with Crippen LogP contribution < -0.4 is 0 Å². The van der Waals surface area contributed by atoms with Crippen LogP contribution in [0.4, 0.5) is 0 Å². The molecule has 4 nitrogen and oxygen atoms in total. The average molecular weight is 300 g/mol. The lowest BCUT2D eigenvalue weighted by Crippen LogP contribution is -2.09. The van der Waals surface area contributed by atoms with E-state index in [1.165, 1.54) is 31.4 Å². The molecule has 0 bridgehead atoms. The van der Waals surface area contributed by atoms with Crippen molar-refractivity contribution in [3.8, 4) is 0 Å². The van der Waals surface area contributed by atoms with Crippen molar-refractivity contribution in [1.82, 2.24) is 0 Å². The van der Waals surface area contributed by atoms with Gasteiger partial charge in [0.05, 0.1) is 11.5 Å². The Labute approximate surface area is 122 Å². The van der Waals surface area contributed by atoms with E-state index in [0.717, 1.165) is 13.0 Å². The van der Waals surface area contributed by atoms with Gasteiger partial charge in [0, 0.05) is 13.2 Å². The van der Waals surface area contributed by atoms with Gasteiger partial charge in [0.1, 0.15) is 0 Å². The van der Waals surface area contributed by atoms with Gasteiger partial charge in [-0.3, -0.25) is 4.18 Å². The molecule has 1 rings (SSSR count). The highest BCUT2D eigenvalue weighted by atomic mass is 32.2. The monoisotopic (exact) mass is 300 g/mol. The molecule has 1 aromatic carbocycles. The number of benzene rings is 1. The van der Waals surface area contributed by atoms with Crippen molar-refractivity contribution in [2.75, 3.05) is 19.8 Å². The quantitative estimate of drug-likeness (QED) is 0.464. The Kier molecular flexibility index (Phi) is 8.49. The van der Waals surface area contributed by atoms with E-state index >= 15 is 0 Å². The van der Waals surface area contributed by atoms with Gasteiger partial charge < -0.3 is 4.74 Å². The molecule has 114 valence electrons. The van der Waals surface area contributed by atoms with Gasteiger partial charge in [-0.1, -0.05) is 44.4 Å². The highest BCUT2D eigenvalue weighted by Crippen LogP contribution is 2.11. The van der Waals surface area contributed by atoms with Gasteiger partial charge in [-0.2, -0.15) is 8.42 Å². The zero-order valence-corrected chi connectivity index (χ0v) is 12.9. The average Bonchev–Trinajstić information content (AvgIpc) is 2.46. The van der Waals surface area contributed by atoms with Crippen LogP contribution in [0.3, 0.4) is 0 Å². The molecule has 0 saturated carbocycles. The molecule has 5 heteroatoms. The largest absolute Gasteiger partial charge is 0.381 e. The molecule has 0 spiro atoms. The van der Waals surface area contributed by atoms with E-state index in [2.05, 4.69) is 6.92 Å². The minimum Gasteiger partial charge on any atom is -0.381 e. The summed E-state index contributed by atoms with van der Waals surface area (Å²) in [6.07, 6.45) is 5.29. The van der Waals surface area contributed by atoms with E-state index in [0.29, 0.717) is 13.0 Å². The molecule has 0 aromatic heterocycles. The summed E-state index contributed by atoms with van der Waals surface area (Å²) in [6, 6.07) is 8.18.